The number of amides is 1. The van der Waals surface area contributed by atoms with Gasteiger partial charge in [-0.05, 0) is 32.9 Å². The summed E-state index contributed by atoms with van der Waals surface area (Å²) in [6.45, 7) is 8.33. The number of carbonyl (C=O) groups is 1. The van der Waals surface area contributed by atoms with Crippen molar-refractivity contribution >= 4 is 17.5 Å². The van der Waals surface area contributed by atoms with E-state index in [0.29, 0.717) is 19.7 Å². The third-order valence-corrected chi connectivity index (χ3v) is 4.12. The van der Waals surface area contributed by atoms with Gasteiger partial charge in [0.1, 0.15) is 18.0 Å². The number of piperazine rings is 1. The Balaban J connectivity index is 1.71. The van der Waals surface area contributed by atoms with Crippen molar-refractivity contribution in [3.63, 3.8) is 0 Å². The molecule has 1 aromatic rings. The van der Waals surface area contributed by atoms with E-state index in [4.69, 9.17) is 9.47 Å². The van der Waals surface area contributed by atoms with Gasteiger partial charge in [0.05, 0.1) is 11.7 Å². The van der Waals surface area contributed by atoms with E-state index < -0.39 is 5.60 Å². The van der Waals surface area contributed by atoms with E-state index in [1.165, 1.54) is 0 Å². The van der Waals surface area contributed by atoms with E-state index in [2.05, 4.69) is 16.3 Å². The minimum absolute atomic E-state index is 0.171. The highest BCUT2D eigenvalue weighted by Crippen LogP contribution is 2.37. The van der Waals surface area contributed by atoms with Crippen molar-refractivity contribution in [2.24, 2.45) is 0 Å². The van der Waals surface area contributed by atoms with E-state index in [1.807, 2.05) is 40.0 Å². The Morgan fingerprint density at radius 1 is 1.35 bits per heavy atom. The second-order valence-corrected chi connectivity index (χ2v) is 7.02. The predicted molar refractivity (Wildman–Crippen MR) is 90.4 cm³/mol. The van der Waals surface area contributed by atoms with Crippen molar-refractivity contribution < 1.29 is 14.3 Å². The number of rotatable bonds is 1. The van der Waals surface area contributed by atoms with Gasteiger partial charge < -0.3 is 24.6 Å². The normalized spacial score (nSPS) is 20.3. The van der Waals surface area contributed by atoms with Crippen LogP contribution in [0, 0.1) is 0 Å². The van der Waals surface area contributed by atoms with Gasteiger partial charge in [0.2, 0.25) is 0 Å². The van der Waals surface area contributed by atoms with Gasteiger partial charge >= 0.3 is 6.09 Å². The van der Waals surface area contributed by atoms with Crippen molar-refractivity contribution in [3.05, 3.63) is 18.2 Å². The molecule has 0 spiro atoms. The molecule has 2 heterocycles. The Kier molecular flexibility index (Phi) is 4.00. The lowest BCUT2D eigenvalue weighted by Gasteiger charge is -2.45. The fourth-order valence-corrected chi connectivity index (χ4v) is 3.02. The monoisotopic (exact) mass is 319 g/mol. The van der Waals surface area contributed by atoms with E-state index in [0.717, 1.165) is 23.7 Å². The first-order chi connectivity index (χ1) is 10.9. The number of nitrogens with zero attached hydrogens (tertiary/aromatic N) is 2. The van der Waals surface area contributed by atoms with Crippen LogP contribution in [-0.4, -0.2) is 55.9 Å². The van der Waals surface area contributed by atoms with Gasteiger partial charge in [0, 0.05) is 38.4 Å². The van der Waals surface area contributed by atoms with Crippen LogP contribution in [0.5, 0.6) is 5.75 Å². The first-order valence-electron chi connectivity index (χ1n) is 8.06. The number of fused-ring (bicyclic) bond motifs is 3. The summed E-state index contributed by atoms with van der Waals surface area (Å²) in [5.41, 5.74) is 1.67. The lowest BCUT2D eigenvalue weighted by molar-refractivity contribution is 0.0195. The molecule has 126 valence electrons. The van der Waals surface area contributed by atoms with Crippen molar-refractivity contribution in [3.8, 4) is 5.75 Å². The molecule has 1 N–H and O–H groups in total. The molecule has 0 aliphatic carbocycles. The standard InChI is InChI=1S/C17H25N3O3/c1-17(2,3)23-16(21)19-7-8-20-13(10-19)11-22-15-9-12(18-4)5-6-14(15)20/h5-6,9,13,18H,7-8,10-11H2,1-4H3/t13-/m1/s1. The second-order valence-electron chi connectivity index (χ2n) is 7.02. The lowest BCUT2D eigenvalue weighted by atomic mass is 10.1. The number of anilines is 2. The highest BCUT2D eigenvalue weighted by molar-refractivity contribution is 5.70. The molecular weight excluding hydrogens is 294 g/mol. The van der Waals surface area contributed by atoms with Gasteiger partial charge in [-0.15, -0.1) is 0 Å². The van der Waals surface area contributed by atoms with Gasteiger partial charge in [-0.3, -0.25) is 0 Å². The number of benzene rings is 1. The van der Waals surface area contributed by atoms with Crippen molar-refractivity contribution in [2.45, 2.75) is 32.4 Å². The van der Waals surface area contributed by atoms with Crippen LogP contribution in [0.2, 0.25) is 0 Å². The average Bonchev–Trinajstić information content (AvgIpc) is 2.51. The molecule has 6 nitrogen and oxygen atoms in total. The zero-order valence-corrected chi connectivity index (χ0v) is 14.3. The summed E-state index contributed by atoms with van der Waals surface area (Å²) >= 11 is 0. The van der Waals surface area contributed by atoms with Crippen molar-refractivity contribution in [2.75, 3.05) is 43.5 Å². The molecule has 1 fully saturated rings. The van der Waals surface area contributed by atoms with Gasteiger partial charge in [0.15, 0.2) is 0 Å². The van der Waals surface area contributed by atoms with Crippen LogP contribution in [0.3, 0.4) is 0 Å². The van der Waals surface area contributed by atoms with E-state index in [1.54, 1.807) is 4.90 Å². The first-order valence-corrected chi connectivity index (χ1v) is 8.06. The summed E-state index contributed by atoms with van der Waals surface area (Å²) in [7, 11) is 1.90. The van der Waals surface area contributed by atoms with E-state index >= 15 is 0 Å². The largest absolute Gasteiger partial charge is 0.489 e. The van der Waals surface area contributed by atoms with Gasteiger partial charge in [-0.25, -0.2) is 4.79 Å². The van der Waals surface area contributed by atoms with Crippen LogP contribution in [0.1, 0.15) is 20.8 Å². The molecule has 0 unspecified atom stereocenters. The molecule has 1 amide bonds. The minimum Gasteiger partial charge on any atom is -0.489 e. The van der Waals surface area contributed by atoms with Crippen LogP contribution in [-0.2, 0) is 4.74 Å². The fourth-order valence-electron chi connectivity index (χ4n) is 3.02. The summed E-state index contributed by atoms with van der Waals surface area (Å²) in [4.78, 5) is 16.4. The van der Waals surface area contributed by atoms with Gasteiger partial charge in [-0.1, -0.05) is 0 Å². The molecule has 1 saturated heterocycles. The highest BCUT2D eigenvalue weighted by atomic mass is 16.6. The third-order valence-electron chi connectivity index (χ3n) is 4.12. The zero-order valence-electron chi connectivity index (χ0n) is 14.3. The minimum atomic E-state index is -0.465. The Bertz CT molecular complexity index is 597. The molecule has 2 aliphatic heterocycles. The molecule has 0 bridgehead atoms. The quantitative estimate of drug-likeness (QED) is 0.862. The number of hydrogen-bond donors (Lipinski definition) is 1. The summed E-state index contributed by atoms with van der Waals surface area (Å²) in [6.07, 6.45) is -0.242. The third kappa shape index (κ3) is 3.30. The molecular formula is C17H25N3O3. The maximum atomic E-state index is 12.3. The van der Waals surface area contributed by atoms with Crippen molar-refractivity contribution in [1.82, 2.24) is 4.90 Å². The summed E-state index contributed by atoms with van der Waals surface area (Å²) in [5, 5.41) is 3.12. The SMILES string of the molecule is CNc1ccc2c(c1)OC[C@H]1CN(C(=O)OC(C)(C)C)CCN21. The smallest absolute Gasteiger partial charge is 0.410 e. The van der Waals surface area contributed by atoms with Gasteiger partial charge in [-0.2, -0.15) is 0 Å². The molecule has 1 aromatic carbocycles. The number of carbonyl (C=O) groups excluding carboxylic acids is 1. The summed E-state index contributed by atoms with van der Waals surface area (Å²) in [5.74, 6) is 0.902. The highest BCUT2D eigenvalue weighted by Gasteiger charge is 2.35. The average molecular weight is 319 g/mol. The Hall–Kier alpha value is -2.11. The van der Waals surface area contributed by atoms with Crippen molar-refractivity contribution in [1.29, 1.82) is 0 Å². The molecule has 0 saturated carbocycles. The first kappa shape index (κ1) is 15.8. The maximum Gasteiger partial charge on any atom is 0.410 e. The molecule has 0 radical (unpaired) electrons. The molecule has 23 heavy (non-hydrogen) atoms. The molecule has 1 atom stereocenters. The second kappa shape index (κ2) is 5.83. The fraction of sp³-hybridized carbons (Fsp3) is 0.588. The van der Waals surface area contributed by atoms with E-state index in [-0.39, 0.29) is 12.1 Å². The summed E-state index contributed by atoms with van der Waals surface area (Å²) < 4.78 is 11.4. The Morgan fingerprint density at radius 2 is 2.13 bits per heavy atom. The summed E-state index contributed by atoms with van der Waals surface area (Å²) in [6, 6.07) is 6.32. The maximum absolute atomic E-state index is 12.3. The number of hydrogen-bond acceptors (Lipinski definition) is 5. The lowest BCUT2D eigenvalue weighted by Crippen LogP contribution is -2.59. The zero-order chi connectivity index (χ0) is 16.6. The number of nitrogens with one attached hydrogen (secondary N) is 1. The number of ether oxygens (including phenoxy) is 2. The van der Waals surface area contributed by atoms with Crippen LogP contribution in [0.15, 0.2) is 18.2 Å². The molecule has 6 heteroatoms. The van der Waals surface area contributed by atoms with Crippen LogP contribution in [0.25, 0.3) is 0 Å². The topological polar surface area (TPSA) is 54.0 Å². The molecule has 2 aliphatic rings. The van der Waals surface area contributed by atoms with Crippen LogP contribution in [0.4, 0.5) is 16.2 Å². The van der Waals surface area contributed by atoms with E-state index in [9.17, 15) is 4.79 Å². The predicted octanol–water partition coefficient (Wildman–Crippen LogP) is 2.55. The molecule has 3 rings (SSSR count). The molecule has 0 aromatic heterocycles. The van der Waals surface area contributed by atoms with Crippen LogP contribution < -0.4 is 15.0 Å². The Labute approximate surface area is 137 Å². The van der Waals surface area contributed by atoms with Gasteiger partial charge in [0.25, 0.3) is 0 Å². The Morgan fingerprint density at radius 3 is 2.83 bits per heavy atom. The van der Waals surface area contributed by atoms with Crippen LogP contribution >= 0.6 is 0 Å².